The van der Waals surface area contributed by atoms with E-state index in [-0.39, 0.29) is 44.9 Å². The maximum atomic E-state index is 13.2. The Morgan fingerprint density at radius 1 is 0.903 bits per heavy atom. The van der Waals surface area contributed by atoms with Gasteiger partial charge in [-0.05, 0) is 18.6 Å². The van der Waals surface area contributed by atoms with E-state index in [1.54, 1.807) is 42.5 Å². The van der Waals surface area contributed by atoms with Gasteiger partial charge in [0.15, 0.2) is 17.3 Å². The summed E-state index contributed by atoms with van der Waals surface area (Å²) in [5, 5.41) is 0. The number of anilines is 2. The van der Waals surface area contributed by atoms with Crippen molar-refractivity contribution in [1.29, 1.82) is 0 Å². The molecule has 0 saturated carbocycles. The third kappa shape index (κ3) is 3.62. The fourth-order valence-corrected chi connectivity index (χ4v) is 4.89. The van der Waals surface area contributed by atoms with Crippen molar-refractivity contribution in [1.82, 2.24) is 0 Å². The van der Waals surface area contributed by atoms with E-state index in [4.69, 9.17) is 5.73 Å². The fraction of sp³-hybridized carbons (Fsp3) is 0.0870. The van der Waals surface area contributed by atoms with Gasteiger partial charge in [-0.2, -0.15) is 0 Å². The highest BCUT2D eigenvalue weighted by Crippen LogP contribution is 2.38. The van der Waals surface area contributed by atoms with Crippen molar-refractivity contribution >= 4 is 38.7 Å². The van der Waals surface area contributed by atoms with Crippen LogP contribution in [0, 0.1) is 0 Å². The minimum Gasteiger partial charge on any atom is -0.398 e. The smallest absolute Gasteiger partial charge is 0.236 e. The number of ketones is 3. The average molecular weight is 434 g/mol. The lowest BCUT2D eigenvalue weighted by Crippen LogP contribution is -2.26. The quantitative estimate of drug-likeness (QED) is 0.367. The van der Waals surface area contributed by atoms with Gasteiger partial charge in [0.05, 0.1) is 28.3 Å². The van der Waals surface area contributed by atoms with Gasteiger partial charge in [-0.3, -0.25) is 19.1 Å². The highest BCUT2D eigenvalue weighted by atomic mass is 32.2. The van der Waals surface area contributed by atoms with Crippen molar-refractivity contribution in [3.8, 4) is 0 Å². The zero-order chi connectivity index (χ0) is 22.3. The Morgan fingerprint density at radius 2 is 1.45 bits per heavy atom. The number of benzene rings is 3. The molecule has 4 rings (SSSR count). The van der Waals surface area contributed by atoms with Crippen LogP contribution in [0.15, 0.2) is 60.7 Å². The molecule has 0 radical (unpaired) electrons. The molecule has 0 fully saturated rings. The van der Waals surface area contributed by atoms with Crippen molar-refractivity contribution in [2.75, 3.05) is 10.5 Å². The van der Waals surface area contributed by atoms with Crippen molar-refractivity contribution < 1.29 is 22.8 Å². The minimum atomic E-state index is -3.96. The summed E-state index contributed by atoms with van der Waals surface area (Å²) in [6.07, 6.45) is 0. The largest absolute Gasteiger partial charge is 0.398 e. The molecule has 31 heavy (non-hydrogen) atoms. The molecule has 0 aliphatic heterocycles. The molecule has 0 saturated heterocycles. The summed E-state index contributed by atoms with van der Waals surface area (Å²) in [5.41, 5.74) is 6.33. The van der Waals surface area contributed by atoms with Gasteiger partial charge in [0.2, 0.25) is 10.0 Å². The summed E-state index contributed by atoms with van der Waals surface area (Å²) in [6.45, 7) is 1.25. The molecule has 3 aromatic carbocycles. The Balaban J connectivity index is 1.89. The lowest BCUT2D eigenvalue weighted by Gasteiger charge is -2.23. The second-order valence-corrected chi connectivity index (χ2v) is 8.96. The third-order valence-corrected chi connectivity index (χ3v) is 6.33. The molecule has 0 atom stereocenters. The van der Waals surface area contributed by atoms with Gasteiger partial charge in [0, 0.05) is 16.7 Å². The first-order chi connectivity index (χ1) is 14.7. The minimum absolute atomic E-state index is 0.0308. The average Bonchev–Trinajstić information content (AvgIpc) is 2.73. The van der Waals surface area contributed by atoms with Crippen molar-refractivity contribution in [3.63, 3.8) is 0 Å². The second kappa shape index (κ2) is 7.48. The zero-order valence-electron chi connectivity index (χ0n) is 16.5. The molecule has 0 amide bonds. The molecule has 156 valence electrons. The van der Waals surface area contributed by atoms with E-state index < -0.39 is 27.4 Å². The number of hydrogen-bond acceptors (Lipinski definition) is 6. The summed E-state index contributed by atoms with van der Waals surface area (Å²) >= 11 is 0. The molecule has 0 bridgehead atoms. The summed E-state index contributed by atoms with van der Waals surface area (Å²) in [4.78, 5) is 38.5. The Hall–Kier alpha value is -3.78. The van der Waals surface area contributed by atoms with E-state index in [9.17, 15) is 22.8 Å². The molecular formula is C23H18N2O5S. The van der Waals surface area contributed by atoms with Crippen LogP contribution in [0.1, 0.15) is 54.7 Å². The number of sulfonamides is 1. The van der Waals surface area contributed by atoms with Gasteiger partial charge in [-0.25, -0.2) is 8.42 Å². The number of nitrogen functional groups attached to an aromatic ring is 1. The summed E-state index contributed by atoms with van der Waals surface area (Å²) in [6, 6.07) is 15.9. The first kappa shape index (κ1) is 20.5. The maximum absolute atomic E-state index is 13.2. The summed E-state index contributed by atoms with van der Waals surface area (Å²) in [7, 11) is -3.96. The van der Waals surface area contributed by atoms with E-state index in [1.807, 2.05) is 0 Å². The van der Waals surface area contributed by atoms with Gasteiger partial charge in [0.1, 0.15) is 0 Å². The first-order valence-electron chi connectivity index (χ1n) is 9.40. The van der Waals surface area contributed by atoms with Crippen molar-refractivity contribution in [2.24, 2.45) is 0 Å². The summed E-state index contributed by atoms with van der Waals surface area (Å²) < 4.78 is 28.1. The Kier molecular flexibility index (Phi) is 4.94. The standard InChI is InChI=1S/C23H18N2O5S/c1-13(26)17-11-18(25-31(29,30)12-14-7-3-2-4-8-14)19-20(21(17)24)23(28)16-10-6-5-9-15(16)22(19)27/h2-11,25H,12,24H2,1H3. The first-order valence-corrected chi connectivity index (χ1v) is 11.0. The van der Waals surface area contributed by atoms with Gasteiger partial charge >= 0.3 is 0 Å². The van der Waals surface area contributed by atoms with Crippen molar-refractivity contribution in [2.45, 2.75) is 12.7 Å². The molecule has 7 nitrogen and oxygen atoms in total. The number of hydrogen-bond donors (Lipinski definition) is 2. The van der Waals surface area contributed by atoms with Crippen molar-refractivity contribution in [3.05, 3.63) is 94.0 Å². The molecule has 0 unspecified atom stereocenters. The van der Waals surface area contributed by atoms with Crippen LogP contribution in [0.4, 0.5) is 11.4 Å². The SMILES string of the molecule is CC(=O)c1cc(NS(=O)(=O)Cc2ccccc2)c2c(c1N)C(=O)c1ccccc1C2=O. The summed E-state index contributed by atoms with van der Waals surface area (Å²) in [5.74, 6) is -1.87. The van der Waals surface area contributed by atoms with Crippen LogP contribution in [0.3, 0.4) is 0 Å². The molecule has 3 N–H and O–H groups in total. The molecule has 0 heterocycles. The van der Waals surface area contributed by atoms with Crippen LogP contribution in [0.25, 0.3) is 0 Å². The van der Waals surface area contributed by atoms with E-state index >= 15 is 0 Å². The third-order valence-electron chi connectivity index (χ3n) is 5.08. The number of rotatable bonds is 5. The van der Waals surface area contributed by atoms with Crippen LogP contribution < -0.4 is 10.5 Å². The lowest BCUT2D eigenvalue weighted by atomic mass is 9.81. The predicted octanol–water partition coefficient (Wildman–Crippen LogP) is 3.19. The Bertz CT molecular complexity index is 1360. The second-order valence-electron chi connectivity index (χ2n) is 7.24. The monoisotopic (exact) mass is 434 g/mol. The molecule has 8 heteroatoms. The lowest BCUT2D eigenvalue weighted by molar-refractivity contribution is 0.0979. The van der Waals surface area contributed by atoms with E-state index in [2.05, 4.69) is 4.72 Å². The number of nitrogens with two attached hydrogens (primary N) is 1. The topological polar surface area (TPSA) is 123 Å². The number of carbonyl (C=O) groups is 3. The van der Waals surface area contributed by atoms with Crippen LogP contribution >= 0.6 is 0 Å². The number of fused-ring (bicyclic) bond motifs is 2. The van der Waals surface area contributed by atoms with Crippen LogP contribution in [-0.4, -0.2) is 25.8 Å². The highest BCUT2D eigenvalue weighted by Gasteiger charge is 2.36. The maximum Gasteiger partial charge on any atom is 0.236 e. The van der Waals surface area contributed by atoms with E-state index in [1.165, 1.54) is 25.1 Å². The predicted molar refractivity (Wildman–Crippen MR) is 117 cm³/mol. The van der Waals surface area contributed by atoms with E-state index in [0.717, 1.165) is 0 Å². The highest BCUT2D eigenvalue weighted by molar-refractivity contribution is 7.91. The molecular weight excluding hydrogens is 416 g/mol. The van der Waals surface area contributed by atoms with E-state index in [0.29, 0.717) is 5.56 Å². The van der Waals surface area contributed by atoms with Crippen LogP contribution in [0.5, 0.6) is 0 Å². The molecule has 0 spiro atoms. The Labute approximate surface area is 178 Å². The van der Waals surface area contributed by atoms with Crippen LogP contribution in [0.2, 0.25) is 0 Å². The Morgan fingerprint density at radius 3 is 2.03 bits per heavy atom. The van der Waals surface area contributed by atoms with Gasteiger partial charge in [-0.1, -0.05) is 54.6 Å². The normalized spacial score (nSPS) is 12.8. The molecule has 0 aromatic heterocycles. The van der Waals surface area contributed by atoms with Gasteiger partial charge in [0.25, 0.3) is 0 Å². The van der Waals surface area contributed by atoms with Crippen LogP contribution in [-0.2, 0) is 15.8 Å². The number of carbonyl (C=O) groups excluding carboxylic acids is 3. The molecule has 1 aliphatic carbocycles. The molecule has 1 aliphatic rings. The number of Topliss-reactive ketones (excluding diaryl/α,β-unsaturated/α-hetero) is 1. The van der Waals surface area contributed by atoms with Gasteiger partial charge in [-0.15, -0.1) is 0 Å². The van der Waals surface area contributed by atoms with Gasteiger partial charge < -0.3 is 5.73 Å². The molecule has 3 aromatic rings. The zero-order valence-corrected chi connectivity index (χ0v) is 17.3. The number of nitrogens with one attached hydrogen (secondary N) is 1. The fourth-order valence-electron chi connectivity index (χ4n) is 3.69.